The van der Waals surface area contributed by atoms with E-state index < -0.39 is 0 Å². The number of nitrogens with one attached hydrogen (secondary N) is 1. The Morgan fingerprint density at radius 2 is 0.845 bits per heavy atom. The molecular weight excluding hydrogens is 1670 g/mol. The van der Waals surface area contributed by atoms with Crippen LogP contribution in [0.3, 0.4) is 0 Å². The molecule has 16 nitrogen and oxygen atoms in total. The highest BCUT2D eigenvalue weighted by Crippen LogP contribution is 2.57. The lowest BCUT2D eigenvalue weighted by Gasteiger charge is -2.28. The minimum absolute atomic E-state index is 0.319. The third kappa shape index (κ3) is 64.2. The fourth-order valence-corrected chi connectivity index (χ4v) is 17.0. The Kier molecular flexibility index (Phi) is 62.3. The van der Waals surface area contributed by atoms with Crippen molar-refractivity contribution in [2.75, 3.05) is 141 Å². The maximum absolute atomic E-state index is 5.08. The van der Waals surface area contributed by atoms with Gasteiger partial charge < -0.3 is 43.6 Å². The summed E-state index contributed by atoms with van der Waals surface area (Å²) in [6.07, 6.45) is 26.3. The Morgan fingerprint density at radius 3 is 1.06 bits per heavy atom. The lowest BCUT2D eigenvalue weighted by atomic mass is 9.84. The first-order valence-electron chi connectivity index (χ1n) is 48.1. The molecule has 7 aliphatic heterocycles. The maximum Gasteiger partial charge on any atom is 0.130 e. The molecule has 5 saturated heterocycles. The maximum atomic E-state index is 5.08. The number of pyridine rings is 2. The van der Waals surface area contributed by atoms with Crippen LogP contribution in [-0.2, 0) is 4.84 Å². The molecule has 0 spiro atoms. The van der Waals surface area contributed by atoms with Crippen molar-refractivity contribution in [3.63, 3.8) is 0 Å². The standard InChI is InChI=1S/C8H15N.C8H16.C8H10.2C7H15N.C7H13N.2C7H9N.C6H14N2.C6H13N.C6H8O.2C6H8S.C5H8N2.C5H9NO.2C5H7NS/c1-8-3-4-9(2)6-7(8)5-8;5*1-7-3-5-8(2)6-4-7;2*1-6-3-4-7(2)8-5-6;1-7-3-5-8(2)6-4-7;1-6-3-4-7(2)5-6;1-5-3-4-6(2)7-5;1-5-3-6(2)7-4-5;1-5-3-4-6(2)7-5;2*1-4-3-5(2)7-6-4;1-4-3-7-5(2)6-4;1-4-3-6-5(2)7-4/h7H,3-6H2,1-2H3;7-8H,3-6H2,1-2H3;3-6H,1-2H3;2*7H,3-6H2,1-2H3;3H,4-6H2,1-2H3;2*3-5H,1-2H3;3-6H2,1-2H3;6H,3-5H2,1-2H3;3*3-4H,1-2H3;3H,1-2H3,(H,6,7);5H,3H2,1-2H3;2*3H,1-2H3. The summed E-state index contributed by atoms with van der Waals surface area (Å²) in [7, 11) is 15.3. The molecule has 7 fully saturated rings. The van der Waals surface area contributed by atoms with Crippen molar-refractivity contribution in [2.45, 2.75) is 277 Å². The highest BCUT2D eigenvalue weighted by atomic mass is 32.1. The number of aryl methyl sites for hydroxylation is 18. The zero-order chi connectivity index (χ0) is 96.6. The molecule has 1 aromatic carbocycles. The molecule has 8 aromatic heterocycles. The van der Waals surface area contributed by atoms with Gasteiger partial charge in [-0.1, -0.05) is 132 Å². The van der Waals surface area contributed by atoms with E-state index in [-0.39, 0.29) is 0 Å². The highest BCUT2D eigenvalue weighted by molar-refractivity contribution is 7.12. The molecule has 129 heavy (non-hydrogen) atoms. The van der Waals surface area contributed by atoms with Crippen LogP contribution in [0.5, 0.6) is 0 Å². The fourth-order valence-electron chi connectivity index (χ4n) is 14.2. The zero-order valence-corrected chi connectivity index (χ0v) is 91.2. The molecule has 9 aromatic rings. The first kappa shape index (κ1) is 119. The van der Waals surface area contributed by atoms with Gasteiger partial charge in [0.15, 0.2) is 0 Å². The number of aromatic nitrogens is 6. The topological polar surface area (TPSA) is 138 Å². The predicted molar refractivity (Wildman–Crippen MR) is 568 cm³/mol. The average Bonchev–Trinajstić information content (AvgIpc) is 1.60. The van der Waals surface area contributed by atoms with Crippen molar-refractivity contribution in [3.05, 3.63) is 223 Å². The number of thiophene rings is 2. The van der Waals surface area contributed by atoms with Crippen LogP contribution in [0.2, 0.25) is 0 Å². The minimum Gasteiger partial charge on any atom is -0.467 e. The van der Waals surface area contributed by atoms with Gasteiger partial charge in [-0.2, -0.15) is 5.10 Å². The van der Waals surface area contributed by atoms with Crippen molar-refractivity contribution < 1.29 is 9.25 Å². The van der Waals surface area contributed by atoms with Gasteiger partial charge >= 0.3 is 0 Å². The lowest BCUT2D eigenvalue weighted by Crippen LogP contribution is -2.42. The van der Waals surface area contributed by atoms with E-state index in [0.717, 1.165) is 110 Å². The molecule has 15 heterocycles. The second-order valence-corrected chi connectivity index (χ2v) is 44.1. The predicted octanol–water partition coefficient (Wildman–Crippen LogP) is 27.0. The summed E-state index contributed by atoms with van der Waals surface area (Å²) >= 11 is 7.07. The Hall–Kier alpha value is -6.40. The Balaban J connectivity index is 0.000000464. The largest absolute Gasteiger partial charge is 0.467 e. The van der Waals surface area contributed by atoms with Gasteiger partial charge in [-0.05, 0) is 397 Å². The number of hydrogen-bond donors (Lipinski definition) is 1. The van der Waals surface area contributed by atoms with Gasteiger partial charge in [0.1, 0.15) is 17.6 Å². The summed E-state index contributed by atoms with van der Waals surface area (Å²) < 4.78 is 5.08. The molecule has 4 unspecified atom stereocenters. The van der Waals surface area contributed by atoms with Crippen LogP contribution in [0.25, 0.3) is 0 Å². The van der Waals surface area contributed by atoms with E-state index in [0.29, 0.717) is 6.10 Å². The van der Waals surface area contributed by atoms with E-state index in [2.05, 4.69) is 287 Å². The molecule has 0 bridgehead atoms. The first-order chi connectivity index (χ1) is 60.8. The van der Waals surface area contributed by atoms with Gasteiger partial charge in [0.2, 0.25) is 0 Å². The molecule has 9 aliphatic rings. The number of hydrogen-bond acceptors (Lipinski definition) is 19. The number of piperidine rings is 3. The lowest BCUT2D eigenvalue weighted by molar-refractivity contribution is 0.0995. The highest BCUT2D eigenvalue weighted by Gasteiger charge is 2.51. The molecule has 20 heteroatoms. The number of aromatic amines is 1. The number of oxime groups is 1. The van der Waals surface area contributed by atoms with E-state index in [4.69, 9.17) is 9.25 Å². The molecule has 1 N–H and O–H groups in total. The van der Waals surface area contributed by atoms with Crippen LogP contribution >= 0.6 is 45.3 Å². The van der Waals surface area contributed by atoms with E-state index in [1.807, 2.05) is 150 Å². The normalized spacial score (nSPS) is 20.6. The Bertz CT molecular complexity index is 3580. The third-order valence-corrected chi connectivity index (χ3v) is 27.3. The van der Waals surface area contributed by atoms with Gasteiger partial charge in [-0.15, -0.1) is 45.3 Å². The monoisotopic (exact) mass is 1850 g/mol. The molecule has 4 atom stereocenters. The summed E-state index contributed by atoms with van der Waals surface area (Å²) in [5.74, 6) is 7.96. The SMILES string of the molecule is CC1=CCN(C)CC1.CC1=NOC(C)C1.CC1CCC(C)CC1.CC1CCN(C)C1.CC1CCN(C)CC1.CC1CCN(C)CC1.CN1CCC2(C)CC2C1.CN1CCN(C)CC1.Cc1cc(C)[nH]n1.Cc1ccc(C)cc1.Cc1ccc(C)nc1.Cc1ccc(C)nc1.Cc1ccc(C)o1.Cc1ccc(C)s1.Cc1cnc(C)s1.Cc1csc(C)c1.Cc1csc(C)n1. The van der Waals surface area contributed by atoms with E-state index in [1.54, 1.807) is 39.6 Å². The third-order valence-electron chi connectivity index (χ3n) is 23.7. The number of furan rings is 1. The number of H-pyrrole nitrogens is 1. The van der Waals surface area contributed by atoms with Crippen LogP contribution < -0.4 is 0 Å². The Labute approximate surface area is 805 Å². The summed E-state index contributed by atoms with van der Waals surface area (Å²) in [6, 6.07) is 29.0. The molecule has 0 amide bonds. The van der Waals surface area contributed by atoms with Gasteiger partial charge in [0.25, 0.3) is 0 Å². The van der Waals surface area contributed by atoms with Gasteiger partial charge in [0, 0.05) is 125 Å². The second kappa shape index (κ2) is 67.7. The molecule has 2 saturated carbocycles. The molecule has 18 rings (SSSR count). The van der Waals surface area contributed by atoms with Crippen LogP contribution in [-0.4, -0.2) is 217 Å². The van der Waals surface area contributed by atoms with Crippen LogP contribution in [0.4, 0.5) is 0 Å². The summed E-state index contributed by atoms with van der Waals surface area (Å²) in [6.45, 7) is 74.8. The van der Waals surface area contributed by atoms with Crippen LogP contribution in [0.1, 0.15) is 243 Å². The van der Waals surface area contributed by atoms with Gasteiger partial charge in [0.05, 0.1) is 21.4 Å². The number of likely N-dealkylation sites (N-methyl/N-ethyl adjacent to an activating group) is 3. The van der Waals surface area contributed by atoms with E-state index in [9.17, 15) is 0 Å². The van der Waals surface area contributed by atoms with Crippen molar-refractivity contribution in [1.29, 1.82) is 0 Å². The van der Waals surface area contributed by atoms with E-state index in [1.165, 1.54) is 209 Å². The smallest absolute Gasteiger partial charge is 0.130 e. The summed E-state index contributed by atoms with van der Waals surface area (Å²) in [5, 5.41) is 17.0. The average molecular weight is 1850 g/mol. The van der Waals surface area contributed by atoms with Crippen molar-refractivity contribution >= 4 is 51.1 Å². The molecule has 726 valence electrons. The quantitative estimate of drug-likeness (QED) is 0.144. The number of nitrogens with zero attached hydrogens (tertiary/aromatic N) is 13. The van der Waals surface area contributed by atoms with Crippen LogP contribution in [0, 0.1) is 166 Å². The van der Waals surface area contributed by atoms with Crippen LogP contribution in [0.15, 0.2) is 136 Å². The number of benzene rings is 1. The number of rotatable bonds is 0. The number of fused-ring (bicyclic) bond motifs is 1. The second-order valence-electron chi connectivity index (χ2n) is 39.0. The number of likely N-dealkylation sites (tertiary alicyclic amines) is 4. The van der Waals surface area contributed by atoms with Crippen molar-refractivity contribution in [3.8, 4) is 0 Å². The minimum atomic E-state index is 0.319. The molecular formula is C109H184N14O2S4. The summed E-state index contributed by atoms with van der Waals surface area (Å²) in [4.78, 5) is 43.4. The zero-order valence-electron chi connectivity index (χ0n) is 87.9. The van der Waals surface area contributed by atoms with Gasteiger partial charge in [-0.3, -0.25) is 15.1 Å². The van der Waals surface area contributed by atoms with E-state index >= 15 is 0 Å². The number of thiazole rings is 2. The first-order valence-corrected chi connectivity index (χ1v) is 51.5. The molecule has 0 radical (unpaired) electrons. The fraction of sp³-hybridized carbons (Fsp3) is 0.633. The molecule has 2 aliphatic carbocycles. The number of piperazine rings is 1. The van der Waals surface area contributed by atoms with Gasteiger partial charge in [-0.25, -0.2) is 9.97 Å². The summed E-state index contributed by atoms with van der Waals surface area (Å²) in [5.41, 5.74) is 15.4. The Morgan fingerprint density at radius 1 is 0.388 bits per heavy atom. The van der Waals surface area contributed by atoms with Crippen molar-refractivity contribution in [2.24, 2.45) is 46.1 Å². The van der Waals surface area contributed by atoms with Crippen molar-refractivity contribution in [1.82, 2.24) is 64.4 Å².